The van der Waals surface area contributed by atoms with E-state index in [2.05, 4.69) is 50.4 Å². The van der Waals surface area contributed by atoms with Crippen molar-refractivity contribution in [2.45, 2.75) is 64.5 Å². The molecule has 1 aromatic rings. The highest BCUT2D eigenvalue weighted by molar-refractivity contribution is 5.31. The molecule has 20 heavy (non-hydrogen) atoms. The van der Waals surface area contributed by atoms with Gasteiger partial charge in [-0.25, -0.2) is 0 Å². The molecule has 1 fully saturated rings. The molecule has 2 rings (SSSR count). The normalized spacial score (nSPS) is 23.6. The first kappa shape index (κ1) is 15.5. The minimum absolute atomic E-state index is 0.192. The lowest BCUT2D eigenvalue weighted by molar-refractivity contribution is 0.0925. The molecule has 2 heteroatoms. The highest BCUT2D eigenvalue weighted by atomic mass is 16.3. The Hall–Kier alpha value is -0.860. The quantitative estimate of drug-likeness (QED) is 0.796. The minimum Gasteiger partial charge on any atom is -0.392 e. The fourth-order valence-corrected chi connectivity index (χ4v) is 3.37. The summed E-state index contributed by atoms with van der Waals surface area (Å²) >= 11 is 0. The van der Waals surface area contributed by atoms with E-state index in [0.29, 0.717) is 17.9 Å². The highest BCUT2D eigenvalue weighted by Crippen LogP contribution is 2.38. The van der Waals surface area contributed by atoms with Gasteiger partial charge < -0.3 is 10.4 Å². The molecule has 1 saturated carbocycles. The van der Waals surface area contributed by atoms with Crippen LogP contribution in [0.25, 0.3) is 0 Å². The Kier molecular flexibility index (Phi) is 5.62. The van der Waals surface area contributed by atoms with Crippen molar-refractivity contribution in [3.63, 3.8) is 0 Å². The third-order valence-electron chi connectivity index (χ3n) is 4.97. The predicted molar refractivity (Wildman–Crippen MR) is 85.0 cm³/mol. The molecular formula is C18H29NO. The van der Waals surface area contributed by atoms with Crippen molar-refractivity contribution < 1.29 is 5.11 Å². The van der Waals surface area contributed by atoms with Gasteiger partial charge in [0.05, 0.1) is 6.10 Å². The third kappa shape index (κ3) is 3.62. The average molecular weight is 275 g/mol. The van der Waals surface area contributed by atoms with E-state index in [0.717, 1.165) is 19.4 Å². The molecule has 0 aliphatic heterocycles. The van der Waals surface area contributed by atoms with E-state index in [-0.39, 0.29) is 6.10 Å². The number of nitrogens with one attached hydrogen (secondary N) is 1. The molecule has 0 heterocycles. The van der Waals surface area contributed by atoms with Gasteiger partial charge in [-0.2, -0.15) is 0 Å². The first-order valence-electron chi connectivity index (χ1n) is 8.12. The van der Waals surface area contributed by atoms with Gasteiger partial charge in [-0.3, -0.25) is 0 Å². The summed E-state index contributed by atoms with van der Waals surface area (Å²) in [5.41, 5.74) is 2.92. The second-order valence-corrected chi connectivity index (χ2v) is 6.27. The average Bonchev–Trinajstić information content (AvgIpc) is 2.40. The molecule has 1 aliphatic carbocycles. The van der Waals surface area contributed by atoms with Gasteiger partial charge in [-0.05, 0) is 42.7 Å². The maximum absolute atomic E-state index is 10.1. The molecule has 1 atom stereocenters. The van der Waals surface area contributed by atoms with E-state index in [1.165, 1.54) is 24.0 Å². The molecule has 1 aliphatic rings. The van der Waals surface area contributed by atoms with Crippen LogP contribution in [0, 0.1) is 12.8 Å². The maximum Gasteiger partial charge on any atom is 0.0692 e. The monoisotopic (exact) mass is 275 g/mol. The molecule has 0 aromatic heterocycles. The van der Waals surface area contributed by atoms with Crippen LogP contribution in [0.5, 0.6) is 0 Å². The van der Waals surface area contributed by atoms with Crippen molar-refractivity contribution in [2.24, 2.45) is 5.92 Å². The smallest absolute Gasteiger partial charge is 0.0692 e. The number of benzene rings is 1. The second kappa shape index (κ2) is 7.24. The van der Waals surface area contributed by atoms with Crippen LogP contribution in [-0.2, 0) is 0 Å². The van der Waals surface area contributed by atoms with Crippen molar-refractivity contribution >= 4 is 0 Å². The molecule has 0 saturated heterocycles. The first-order chi connectivity index (χ1) is 9.65. The topological polar surface area (TPSA) is 32.3 Å². The van der Waals surface area contributed by atoms with Crippen LogP contribution >= 0.6 is 0 Å². The van der Waals surface area contributed by atoms with Crippen molar-refractivity contribution in [3.8, 4) is 0 Å². The SMILES string of the molecule is CCC(CC)C(O)CNC1CC(c2ccccc2C)C1. The van der Waals surface area contributed by atoms with Gasteiger partial charge in [0.1, 0.15) is 0 Å². The molecule has 2 N–H and O–H groups in total. The molecule has 0 amide bonds. The zero-order valence-electron chi connectivity index (χ0n) is 13.1. The summed E-state index contributed by atoms with van der Waals surface area (Å²) in [6.45, 7) is 7.27. The summed E-state index contributed by atoms with van der Waals surface area (Å²) in [5.74, 6) is 1.15. The molecule has 0 radical (unpaired) electrons. The molecule has 2 nitrogen and oxygen atoms in total. The van der Waals surface area contributed by atoms with Gasteiger partial charge in [0, 0.05) is 12.6 Å². The summed E-state index contributed by atoms with van der Waals surface area (Å²) in [6, 6.07) is 9.30. The second-order valence-electron chi connectivity index (χ2n) is 6.27. The number of hydrogen-bond acceptors (Lipinski definition) is 2. The van der Waals surface area contributed by atoms with E-state index in [1.807, 2.05) is 0 Å². The summed E-state index contributed by atoms with van der Waals surface area (Å²) in [5, 5.41) is 13.7. The molecular weight excluding hydrogens is 246 g/mol. The van der Waals surface area contributed by atoms with E-state index in [9.17, 15) is 5.11 Å². The molecule has 0 bridgehead atoms. The summed E-state index contributed by atoms with van der Waals surface area (Å²) in [7, 11) is 0. The Balaban J connectivity index is 1.73. The summed E-state index contributed by atoms with van der Waals surface area (Å²) < 4.78 is 0. The summed E-state index contributed by atoms with van der Waals surface area (Å²) in [6.07, 6.45) is 4.36. The maximum atomic E-state index is 10.1. The van der Waals surface area contributed by atoms with E-state index in [4.69, 9.17) is 0 Å². The minimum atomic E-state index is -0.192. The van der Waals surface area contributed by atoms with Gasteiger partial charge in [0.2, 0.25) is 0 Å². The largest absolute Gasteiger partial charge is 0.392 e. The summed E-state index contributed by atoms with van der Waals surface area (Å²) in [4.78, 5) is 0. The number of hydrogen-bond donors (Lipinski definition) is 2. The zero-order valence-corrected chi connectivity index (χ0v) is 13.1. The Morgan fingerprint density at radius 3 is 2.45 bits per heavy atom. The molecule has 1 aromatic carbocycles. The van der Waals surface area contributed by atoms with Crippen molar-refractivity contribution in [2.75, 3.05) is 6.54 Å². The van der Waals surface area contributed by atoms with Gasteiger partial charge >= 0.3 is 0 Å². The number of aliphatic hydroxyl groups excluding tert-OH is 1. The van der Waals surface area contributed by atoms with Crippen LogP contribution in [-0.4, -0.2) is 23.8 Å². The van der Waals surface area contributed by atoms with Gasteiger partial charge in [0.25, 0.3) is 0 Å². The van der Waals surface area contributed by atoms with Crippen LogP contribution in [0.3, 0.4) is 0 Å². The number of rotatable bonds is 7. The lowest BCUT2D eigenvalue weighted by atomic mass is 9.74. The predicted octanol–water partition coefficient (Wildman–Crippen LogP) is 3.63. The van der Waals surface area contributed by atoms with E-state index >= 15 is 0 Å². The van der Waals surface area contributed by atoms with Gasteiger partial charge in [-0.15, -0.1) is 0 Å². The highest BCUT2D eigenvalue weighted by Gasteiger charge is 2.31. The lowest BCUT2D eigenvalue weighted by Crippen LogP contribution is -2.44. The van der Waals surface area contributed by atoms with Gasteiger partial charge in [-0.1, -0.05) is 51.0 Å². The van der Waals surface area contributed by atoms with Crippen LogP contribution in [0.1, 0.15) is 56.6 Å². The van der Waals surface area contributed by atoms with Gasteiger partial charge in [0.15, 0.2) is 0 Å². The standard InChI is InChI=1S/C18H29NO/c1-4-14(5-2)18(20)12-19-16-10-15(11-16)17-9-7-6-8-13(17)3/h6-9,14-16,18-20H,4-5,10-12H2,1-3H3. The fraction of sp³-hybridized carbons (Fsp3) is 0.667. The molecule has 112 valence electrons. The number of aliphatic hydroxyl groups is 1. The first-order valence-corrected chi connectivity index (χ1v) is 8.12. The van der Waals surface area contributed by atoms with E-state index < -0.39 is 0 Å². The fourth-order valence-electron chi connectivity index (χ4n) is 3.37. The number of aryl methyl sites for hydroxylation is 1. The van der Waals surface area contributed by atoms with E-state index in [1.54, 1.807) is 0 Å². The zero-order chi connectivity index (χ0) is 14.5. The van der Waals surface area contributed by atoms with Crippen molar-refractivity contribution in [1.82, 2.24) is 5.32 Å². The molecule has 0 spiro atoms. The van der Waals surface area contributed by atoms with Crippen molar-refractivity contribution in [3.05, 3.63) is 35.4 Å². The van der Waals surface area contributed by atoms with Crippen LogP contribution < -0.4 is 5.32 Å². The molecule has 1 unspecified atom stereocenters. The van der Waals surface area contributed by atoms with Crippen LogP contribution in [0.2, 0.25) is 0 Å². The van der Waals surface area contributed by atoms with Crippen LogP contribution in [0.15, 0.2) is 24.3 Å². The Bertz CT molecular complexity index is 408. The van der Waals surface area contributed by atoms with Crippen LogP contribution in [0.4, 0.5) is 0 Å². The van der Waals surface area contributed by atoms with Crippen molar-refractivity contribution in [1.29, 1.82) is 0 Å². The Labute approximate surface area is 123 Å². The third-order valence-corrected chi connectivity index (χ3v) is 4.97. The lowest BCUT2D eigenvalue weighted by Gasteiger charge is -2.38. The Morgan fingerprint density at radius 1 is 1.20 bits per heavy atom. The Morgan fingerprint density at radius 2 is 1.85 bits per heavy atom.